The molecule has 0 aliphatic rings. The van der Waals surface area contributed by atoms with Gasteiger partial charge in [-0.1, -0.05) is 12.1 Å². The smallest absolute Gasteiger partial charge is 0.335 e. The molecule has 0 unspecified atom stereocenters. The maximum atomic E-state index is 10.7. The highest BCUT2D eigenvalue weighted by Crippen LogP contribution is 2.12. The van der Waals surface area contributed by atoms with Gasteiger partial charge < -0.3 is 10.4 Å². The average molecular weight is 249 g/mol. The summed E-state index contributed by atoms with van der Waals surface area (Å²) in [6.07, 6.45) is 0. The van der Waals surface area contributed by atoms with Crippen LogP contribution in [-0.2, 0) is 6.54 Å². The molecule has 0 fully saturated rings. The zero-order chi connectivity index (χ0) is 12.3. The van der Waals surface area contributed by atoms with Crippen LogP contribution in [-0.4, -0.2) is 20.4 Å². The van der Waals surface area contributed by atoms with Gasteiger partial charge in [-0.15, -0.1) is 0 Å². The van der Waals surface area contributed by atoms with Crippen molar-refractivity contribution in [2.24, 2.45) is 0 Å². The summed E-state index contributed by atoms with van der Waals surface area (Å²) in [5.74, 6) is -0.164. The van der Waals surface area contributed by atoms with Crippen LogP contribution in [0.25, 0.3) is 0 Å². The zero-order valence-corrected chi connectivity index (χ0v) is 9.99. The number of carboxylic acids is 1. The molecule has 0 spiro atoms. The van der Waals surface area contributed by atoms with Crippen molar-refractivity contribution in [3.05, 3.63) is 41.2 Å². The molecule has 5 nitrogen and oxygen atoms in total. The summed E-state index contributed by atoms with van der Waals surface area (Å²) in [7, 11) is 0. The van der Waals surface area contributed by atoms with E-state index in [9.17, 15) is 4.79 Å². The van der Waals surface area contributed by atoms with Gasteiger partial charge in [-0.2, -0.15) is 4.37 Å². The van der Waals surface area contributed by atoms with Gasteiger partial charge in [0.25, 0.3) is 0 Å². The number of nitrogens with one attached hydrogen (secondary N) is 1. The number of hydrogen-bond acceptors (Lipinski definition) is 5. The lowest BCUT2D eigenvalue weighted by Crippen LogP contribution is -2.00. The quantitative estimate of drug-likeness (QED) is 0.868. The van der Waals surface area contributed by atoms with E-state index < -0.39 is 5.97 Å². The standard InChI is InChI=1S/C11H11N3O2S/c1-7-13-11(17-14-7)12-6-8-2-4-9(5-3-8)10(15)16/h2-5H,6H2,1H3,(H,15,16)(H,12,13,14). The Bertz CT molecular complexity index is 522. The molecule has 0 saturated carbocycles. The molecule has 0 amide bonds. The highest BCUT2D eigenvalue weighted by Gasteiger charge is 2.02. The Morgan fingerprint density at radius 2 is 2.12 bits per heavy atom. The van der Waals surface area contributed by atoms with Crippen molar-refractivity contribution in [2.75, 3.05) is 5.32 Å². The Kier molecular flexibility index (Phi) is 3.34. The monoisotopic (exact) mass is 249 g/mol. The van der Waals surface area contributed by atoms with Crippen molar-refractivity contribution in [1.29, 1.82) is 0 Å². The van der Waals surface area contributed by atoms with Crippen molar-refractivity contribution < 1.29 is 9.90 Å². The number of aromatic nitrogens is 2. The van der Waals surface area contributed by atoms with Gasteiger partial charge in [0.1, 0.15) is 5.82 Å². The fraction of sp³-hybridized carbons (Fsp3) is 0.182. The first-order valence-corrected chi connectivity index (χ1v) is 5.79. The van der Waals surface area contributed by atoms with E-state index >= 15 is 0 Å². The predicted molar refractivity (Wildman–Crippen MR) is 65.4 cm³/mol. The lowest BCUT2D eigenvalue weighted by molar-refractivity contribution is 0.0697. The van der Waals surface area contributed by atoms with Crippen LogP contribution < -0.4 is 5.32 Å². The van der Waals surface area contributed by atoms with E-state index in [1.807, 2.05) is 6.92 Å². The van der Waals surface area contributed by atoms with E-state index in [2.05, 4.69) is 14.7 Å². The summed E-state index contributed by atoms with van der Waals surface area (Å²) in [6.45, 7) is 2.44. The number of hydrogen-bond donors (Lipinski definition) is 2. The van der Waals surface area contributed by atoms with Crippen LogP contribution in [0.4, 0.5) is 5.13 Å². The van der Waals surface area contributed by atoms with E-state index in [0.717, 1.165) is 16.5 Å². The van der Waals surface area contributed by atoms with E-state index in [1.54, 1.807) is 24.3 Å². The molecule has 1 heterocycles. The van der Waals surface area contributed by atoms with Crippen molar-refractivity contribution in [3.8, 4) is 0 Å². The minimum Gasteiger partial charge on any atom is -0.478 e. The van der Waals surface area contributed by atoms with E-state index in [0.29, 0.717) is 12.1 Å². The van der Waals surface area contributed by atoms with Crippen LogP contribution in [0.2, 0.25) is 0 Å². The summed E-state index contributed by atoms with van der Waals surface area (Å²) in [5.41, 5.74) is 1.29. The van der Waals surface area contributed by atoms with Crippen molar-refractivity contribution in [3.63, 3.8) is 0 Å². The molecule has 0 atom stereocenters. The molecule has 2 N–H and O–H groups in total. The Morgan fingerprint density at radius 3 is 2.65 bits per heavy atom. The number of carboxylic acid groups (broad SMARTS) is 1. The molecule has 0 bridgehead atoms. The molecule has 1 aromatic heterocycles. The third-order valence-corrected chi connectivity index (χ3v) is 2.94. The van der Waals surface area contributed by atoms with E-state index in [-0.39, 0.29) is 0 Å². The molecule has 0 radical (unpaired) electrons. The van der Waals surface area contributed by atoms with Gasteiger partial charge >= 0.3 is 5.97 Å². The highest BCUT2D eigenvalue weighted by molar-refractivity contribution is 7.09. The summed E-state index contributed by atoms with van der Waals surface area (Å²) < 4.78 is 4.06. The number of anilines is 1. The molecule has 2 aromatic rings. The first kappa shape index (κ1) is 11.5. The summed E-state index contributed by atoms with van der Waals surface area (Å²) in [5, 5.41) is 12.7. The normalized spacial score (nSPS) is 10.2. The highest BCUT2D eigenvalue weighted by atomic mass is 32.1. The molecule has 0 saturated heterocycles. The number of rotatable bonds is 4. The summed E-state index contributed by atoms with van der Waals surface area (Å²) >= 11 is 1.31. The van der Waals surface area contributed by atoms with Gasteiger partial charge in [0, 0.05) is 18.1 Å². The first-order valence-electron chi connectivity index (χ1n) is 5.01. The Hall–Kier alpha value is -1.95. The number of nitrogens with zero attached hydrogens (tertiary/aromatic N) is 2. The Balaban J connectivity index is 1.97. The second kappa shape index (κ2) is 4.92. The van der Waals surface area contributed by atoms with Crippen LogP contribution in [0, 0.1) is 6.92 Å². The van der Waals surface area contributed by atoms with Crippen LogP contribution >= 0.6 is 11.5 Å². The second-order valence-corrected chi connectivity index (χ2v) is 4.25. The van der Waals surface area contributed by atoms with E-state index in [1.165, 1.54) is 11.5 Å². The molecule has 17 heavy (non-hydrogen) atoms. The van der Waals surface area contributed by atoms with E-state index in [4.69, 9.17) is 5.11 Å². The maximum absolute atomic E-state index is 10.7. The molecule has 2 rings (SSSR count). The van der Waals surface area contributed by atoms with Crippen molar-refractivity contribution in [1.82, 2.24) is 9.36 Å². The molecule has 1 aromatic carbocycles. The van der Waals surface area contributed by atoms with Gasteiger partial charge in [-0.25, -0.2) is 9.78 Å². The van der Waals surface area contributed by atoms with Gasteiger partial charge in [0.2, 0.25) is 5.13 Å². The number of aromatic carboxylic acids is 1. The average Bonchev–Trinajstić information content (AvgIpc) is 2.73. The van der Waals surface area contributed by atoms with Gasteiger partial charge in [0.05, 0.1) is 5.56 Å². The minimum atomic E-state index is -0.913. The van der Waals surface area contributed by atoms with Crippen LogP contribution in [0.3, 0.4) is 0 Å². The lowest BCUT2D eigenvalue weighted by atomic mass is 10.1. The van der Waals surface area contributed by atoms with Crippen molar-refractivity contribution in [2.45, 2.75) is 13.5 Å². The zero-order valence-electron chi connectivity index (χ0n) is 9.17. The third kappa shape index (κ3) is 3.01. The summed E-state index contributed by atoms with van der Waals surface area (Å²) in [6, 6.07) is 6.74. The predicted octanol–water partition coefficient (Wildman–Crippen LogP) is 2.16. The fourth-order valence-electron chi connectivity index (χ4n) is 1.31. The molecule has 6 heteroatoms. The third-order valence-electron chi connectivity index (χ3n) is 2.17. The van der Waals surface area contributed by atoms with Crippen LogP contribution in [0.15, 0.2) is 24.3 Å². The minimum absolute atomic E-state index is 0.292. The molecular formula is C11H11N3O2S. The van der Waals surface area contributed by atoms with Crippen molar-refractivity contribution >= 4 is 22.6 Å². The van der Waals surface area contributed by atoms with Crippen LogP contribution in [0.1, 0.15) is 21.7 Å². The Labute approximate surface area is 102 Å². The molecule has 88 valence electrons. The number of benzene rings is 1. The summed E-state index contributed by atoms with van der Waals surface area (Å²) in [4.78, 5) is 14.8. The maximum Gasteiger partial charge on any atom is 0.335 e. The lowest BCUT2D eigenvalue weighted by Gasteiger charge is -2.02. The number of carbonyl (C=O) groups is 1. The van der Waals surface area contributed by atoms with Crippen LogP contribution in [0.5, 0.6) is 0 Å². The SMILES string of the molecule is Cc1nsc(NCc2ccc(C(=O)O)cc2)n1. The Morgan fingerprint density at radius 1 is 1.41 bits per heavy atom. The molecule has 0 aliphatic carbocycles. The molecule has 0 aliphatic heterocycles. The van der Waals surface area contributed by atoms with Gasteiger partial charge in [-0.3, -0.25) is 0 Å². The first-order chi connectivity index (χ1) is 8.15. The topological polar surface area (TPSA) is 75.1 Å². The van der Waals surface area contributed by atoms with Gasteiger partial charge in [0.15, 0.2) is 0 Å². The second-order valence-electron chi connectivity index (χ2n) is 3.50. The van der Waals surface area contributed by atoms with Gasteiger partial charge in [-0.05, 0) is 24.6 Å². The fourth-order valence-corrected chi connectivity index (χ4v) is 1.88. The number of aryl methyl sites for hydroxylation is 1. The molecular weight excluding hydrogens is 238 g/mol. The largest absolute Gasteiger partial charge is 0.478 e.